The van der Waals surface area contributed by atoms with Gasteiger partial charge in [0.2, 0.25) is 0 Å². The molecular formula is C22H26N2O3S. The van der Waals surface area contributed by atoms with Gasteiger partial charge in [0.05, 0.1) is 17.0 Å². The largest absolute Gasteiger partial charge is 0.322 e. The minimum absolute atomic E-state index is 0.00700. The molecule has 0 spiro atoms. The van der Waals surface area contributed by atoms with Gasteiger partial charge in [-0.05, 0) is 44.4 Å². The third-order valence-electron chi connectivity index (χ3n) is 5.73. The van der Waals surface area contributed by atoms with Crippen molar-refractivity contribution in [1.82, 2.24) is 9.80 Å². The summed E-state index contributed by atoms with van der Waals surface area (Å²) in [6.07, 6.45) is 1.48. The van der Waals surface area contributed by atoms with Gasteiger partial charge in [0.25, 0.3) is 0 Å². The lowest BCUT2D eigenvalue weighted by Crippen LogP contribution is -2.43. The van der Waals surface area contributed by atoms with Crippen LogP contribution in [0.15, 0.2) is 59.5 Å². The molecule has 5 nitrogen and oxygen atoms in total. The molecule has 0 bridgehead atoms. The van der Waals surface area contributed by atoms with Crippen molar-refractivity contribution in [3.8, 4) is 0 Å². The fraction of sp³-hybridized carbons (Fsp3) is 0.409. The minimum Gasteiger partial charge on any atom is -0.322 e. The second-order valence-electron chi connectivity index (χ2n) is 7.77. The van der Waals surface area contributed by atoms with Crippen LogP contribution in [0.3, 0.4) is 0 Å². The predicted octanol–water partition coefficient (Wildman–Crippen LogP) is 4.27. The van der Waals surface area contributed by atoms with E-state index < -0.39 is 17.3 Å². The van der Waals surface area contributed by atoms with Crippen LogP contribution in [-0.2, 0) is 15.3 Å². The summed E-state index contributed by atoms with van der Waals surface area (Å²) in [5, 5.41) is 0. The van der Waals surface area contributed by atoms with E-state index in [2.05, 4.69) is 6.92 Å². The smallest absolute Gasteiger partial charge is 0.322 e. The Morgan fingerprint density at radius 1 is 1.07 bits per heavy atom. The highest BCUT2D eigenvalue weighted by atomic mass is 32.2. The molecule has 1 heterocycles. The maximum Gasteiger partial charge on any atom is 0.322 e. The van der Waals surface area contributed by atoms with Crippen molar-refractivity contribution in [2.24, 2.45) is 5.92 Å². The van der Waals surface area contributed by atoms with Crippen LogP contribution >= 0.6 is 0 Å². The van der Waals surface area contributed by atoms with E-state index in [4.69, 9.17) is 4.18 Å². The van der Waals surface area contributed by atoms with Crippen LogP contribution in [0.1, 0.15) is 36.9 Å². The number of nitrogens with zero attached hydrogens (tertiary/aromatic N) is 2. The molecule has 0 aromatic heterocycles. The number of carbonyl (C=O) groups is 1. The highest BCUT2D eigenvalue weighted by Gasteiger charge is 2.50. The first-order valence-electron chi connectivity index (χ1n) is 9.73. The number of likely N-dealkylation sites (N-methyl/N-ethyl adjacent to an activating group) is 1. The van der Waals surface area contributed by atoms with Gasteiger partial charge < -0.3 is 4.90 Å². The van der Waals surface area contributed by atoms with Crippen molar-refractivity contribution in [1.29, 1.82) is 0 Å². The lowest BCUT2D eigenvalue weighted by atomic mass is 10.00. The number of amides is 2. The zero-order chi connectivity index (χ0) is 19.8. The summed E-state index contributed by atoms with van der Waals surface area (Å²) >= 11 is -1.62. The first-order valence-corrected chi connectivity index (χ1v) is 10.8. The van der Waals surface area contributed by atoms with E-state index in [0.717, 1.165) is 24.0 Å². The molecule has 1 aliphatic carbocycles. The molecule has 2 aliphatic rings. The minimum atomic E-state index is -1.62. The molecule has 2 aromatic carbocycles. The van der Waals surface area contributed by atoms with Crippen molar-refractivity contribution >= 4 is 17.1 Å². The van der Waals surface area contributed by atoms with E-state index >= 15 is 0 Å². The topological polar surface area (TPSA) is 49.9 Å². The predicted molar refractivity (Wildman–Crippen MR) is 109 cm³/mol. The summed E-state index contributed by atoms with van der Waals surface area (Å²) in [6.45, 7) is 4.04. The summed E-state index contributed by atoms with van der Waals surface area (Å²) in [7, 11) is 1.82. The monoisotopic (exact) mass is 398 g/mol. The summed E-state index contributed by atoms with van der Waals surface area (Å²) in [5.41, 5.74) is 2.18. The zero-order valence-corrected chi connectivity index (χ0v) is 17.3. The van der Waals surface area contributed by atoms with E-state index in [-0.39, 0.29) is 24.0 Å². The highest BCUT2D eigenvalue weighted by Crippen LogP contribution is 2.44. The van der Waals surface area contributed by atoms with Gasteiger partial charge in [-0.1, -0.05) is 48.0 Å². The average Bonchev–Trinajstić information content (AvgIpc) is 3.52. The molecule has 1 saturated carbocycles. The number of aryl methyl sites for hydroxylation is 1. The van der Waals surface area contributed by atoms with Gasteiger partial charge in [-0.2, -0.15) is 0 Å². The zero-order valence-electron chi connectivity index (χ0n) is 16.4. The second kappa shape index (κ2) is 7.68. The van der Waals surface area contributed by atoms with E-state index in [0.29, 0.717) is 4.90 Å². The Morgan fingerprint density at radius 3 is 2.32 bits per heavy atom. The number of hydrogen-bond acceptors (Lipinski definition) is 3. The first kappa shape index (κ1) is 19.2. The third-order valence-corrected chi connectivity index (χ3v) is 6.76. The normalized spacial score (nSPS) is 24.5. The van der Waals surface area contributed by atoms with E-state index in [1.54, 1.807) is 4.90 Å². The van der Waals surface area contributed by atoms with Crippen molar-refractivity contribution in [2.75, 3.05) is 7.05 Å². The lowest BCUT2D eigenvalue weighted by molar-refractivity contribution is 0.0320. The van der Waals surface area contributed by atoms with Crippen molar-refractivity contribution in [2.45, 2.75) is 49.9 Å². The molecule has 2 fully saturated rings. The molecule has 0 N–H and O–H groups in total. The van der Waals surface area contributed by atoms with Crippen molar-refractivity contribution < 1.29 is 13.2 Å². The molecule has 2 amide bonds. The fourth-order valence-corrected chi connectivity index (χ4v) is 4.70. The van der Waals surface area contributed by atoms with Gasteiger partial charge in [-0.15, -0.1) is 0 Å². The maximum absolute atomic E-state index is 13.1. The molecule has 148 valence electrons. The van der Waals surface area contributed by atoms with E-state index in [1.165, 1.54) is 0 Å². The number of rotatable bonds is 6. The third kappa shape index (κ3) is 3.59. The van der Waals surface area contributed by atoms with Crippen LogP contribution in [0.4, 0.5) is 4.79 Å². The summed E-state index contributed by atoms with van der Waals surface area (Å²) < 4.78 is 19.0. The average molecular weight is 399 g/mol. The second-order valence-corrected chi connectivity index (χ2v) is 8.90. The first-order chi connectivity index (χ1) is 13.5. The Hall–Kier alpha value is -2.18. The standard InChI is InChI=1S/C22H26N2O3S/c1-15-9-13-19(14-10-15)28(26)27-21(18-11-12-18)24-20(16(2)23(3)22(24)25)17-7-5-4-6-8-17/h4-10,13-14,16,18,20-21H,11-12H2,1-3H3/t16-,20-,21-,28?/m0/s1. The van der Waals surface area contributed by atoms with Crippen LogP contribution in [0.5, 0.6) is 0 Å². The van der Waals surface area contributed by atoms with Gasteiger partial charge in [-0.25, -0.2) is 9.00 Å². The van der Waals surface area contributed by atoms with Crippen molar-refractivity contribution in [3.63, 3.8) is 0 Å². The van der Waals surface area contributed by atoms with Gasteiger partial charge in [0.15, 0.2) is 17.3 Å². The molecule has 6 heteroatoms. The Labute approximate surface area is 169 Å². The van der Waals surface area contributed by atoms with Crippen LogP contribution < -0.4 is 0 Å². The van der Waals surface area contributed by atoms with Crippen LogP contribution in [0, 0.1) is 12.8 Å². The molecular weight excluding hydrogens is 372 g/mol. The molecule has 4 rings (SSSR count). The quantitative estimate of drug-likeness (QED) is 0.730. The van der Waals surface area contributed by atoms with E-state index in [9.17, 15) is 9.00 Å². The van der Waals surface area contributed by atoms with Crippen molar-refractivity contribution in [3.05, 3.63) is 65.7 Å². The highest BCUT2D eigenvalue weighted by molar-refractivity contribution is 7.80. The molecule has 2 aromatic rings. The lowest BCUT2D eigenvalue weighted by Gasteiger charge is -2.32. The van der Waals surface area contributed by atoms with Crippen LogP contribution in [-0.4, -0.2) is 39.4 Å². The Bertz CT molecular complexity index is 867. The summed E-state index contributed by atoms with van der Waals surface area (Å²) in [6, 6.07) is 17.3. The van der Waals surface area contributed by atoms with Gasteiger partial charge in [0.1, 0.15) is 0 Å². The Morgan fingerprint density at radius 2 is 1.71 bits per heavy atom. The van der Waals surface area contributed by atoms with Crippen LogP contribution in [0.2, 0.25) is 0 Å². The summed E-state index contributed by atoms with van der Waals surface area (Å²) in [4.78, 5) is 17.3. The summed E-state index contributed by atoms with van der Waals surface area (Å²) in [5.74, 6) is 0.225. The van der Waals surface area contributed by atoms with Gasteiger partial charge in [-0.3, -0.25) is 9.08 Å². The molecule has 1 saturated heterocycles. The Balaban J connectivity index is 1.64. The number of carbonyl (C=O) groups excluding carboxylic acids is 1. The van der Waals surface area contributed by atoms with E-state index in [1.807, 2.05) is 73.5 Å². The Kier molecular flexibility index (Phi) is 5.25. The van der Waals surface area contributed by atoms with Crippen LogP contribution in [0.25, 0.3) is 0 Å². The maximum atomic E-state index is 13.1. The number of hydrogen-bond donors (Lipinski definition) is 0. The number of urea groups is 1. The molecule has 4 atom stereocenters. The van der Waals surface area contributed by atoms with Gasteiger partial charge >= 0.3 is 6.03 Å². The molecule has 1 unspecified atom stereocenters. The molecule has 1 aliphatic heterocycles. The van der Waals surface area contributed by atoms with Gasteiger partial charge in [0, 0.05) is 13.0 Å². The molecule has 28 heavy (non-hydrogen) atoms. The fourth-order valence-electron chi connectivity index (χ4n) is 3.80. The SMILES string of the molecule is Cc1ccc(S(=O)O[C@@H](C2CC2)N2C(=O)N(C)[C@@H](C)[C@H]2c2ccccc2)cc1. The molecule has 0 radical (unpaired) electrons. The number of benzene rings is 2.